The molecule has 6 heteroatoms. The molecular formula is C13H8Cl2N2O2. The van der Waals surface area contributed by atoms with Crippen LogP contribution in [0.15, 0.2) is 45.7 Å². The van der Waals surface area contributed by atoms with Gasteiger partial charge in [0.05, 0.1) is 16.6 Å². The Labute approximate surface area is 118 Å². The standard InChI is InChI=1S/C13H8Cl2N2O2/c14-9-4-3-8(6-10(9)15)7-17-12-11(19-13(17)18)2-1-5-16-12/h1-6H,7H2. The van der Waals surface area contributed by atoms with Crippen molar-refractivity contribution in [3.63, 3.8) is 0 Å². The van der Waals surface area contributed by atoms with Crippen LogP contribution in [-0.4, -0.2) is 9.55 Å². The molecule has 0 bridgehead atoms. The number of oxazole rings is 1. The Bertz CT molecular complexity index is 808. The summed E-state index contributed by atoms with van der Waals surface area (Å²) in [4.78, 5) is 15.9. The van der Waals surface area contributed by atoms with Crippen LogP contribution in [0.4, 0.5) is 0 Å². The van der Waals surface area contributed by atoms with E-state index in [1.165, 1.54) is 4.57 Å². The third-order valence-electron chi connectivity index (χ3n) is 2.75. The SMILES string of the molecule is O=c1oc2cccnc2n1Cc1ccc(Cl)c(Cl)c1. The van der Waals surface area contributed by atoms with Gasteiger partial charge in [-0.25, -0.2) is 9.78 Å². The van der Waals surface area contributed by atoms with Crippen molar-refractivity contribution in [1.82, 2.24) is 9.55 Å². The van der Waals surface area contributed by atoms with E-state index in [-0.39, 0.29) is 0 Å². The molecule has 0 saturated carbocycles. The number of halogens is 2. The van der Waals surface area contributed by atoms with Crippen molar-refractivity contribution in [3.05, 3.63) is 62.7 Å². The second-order valence-electron chi connectivity index (χ2n) is 4.03. The van der Waals surface area contributed by atoms with Gasteiger partial charge in [0.25, 0.3) is 0 Å². The summed E-state index contributed by atoms with van der Waals surface area (Å²) in [7, 11) is 0. The van der Waals surface area contributed by atoms with Crippen molar-refractivity contribution in [3.8, 4) is 0 Å². The van der Waals surface area contributed by atoms with Crippen molar-refractivity contribution < 1.29 is 4.42 Å². The highest BCUT2D eigenvalue weighted by molar-refractivity contribution is 6.42. The van der Waals surface area contributed by atoms with Gasteiger partial charge in [0.2, 0.25) is 0 Å². The van der Waals surface area contributed by atoms with E-state index in [0.717, 1.165) is 5.56 Å². The number of fused-ring (bicyclic) bond motifs is 1. The predicted molar refractivity (Wildman–Crippen MR) is 73.8 cm³/mol. The maximum atomic E-state index is 11.8. The third kappa shape index (κ3) is 2.25. The number of pyridine rings is 1. The summed E-state index contributed by atoms with van der Waals surface area (Å²) in [6, 6.07) is 8.64. The molecule has 3 rings (SSSR count). The first-order valence-corrected chi connectivity index (χ1v) is 6.29. The van der Waals surface area contributed by atoms with E-state index in [1.54, 1.807) is 30.5 Å². The van der Waals surface area contributed by atoms with Crippen LogP contribution in [0.5, 0.6) is 0 Å². The summed E-state index contributed by atoms with van der Waals surface area (Å²) in [5.41, 5.74) is 1.83. The Morgan fingerprint density at radius 2 is 2.05 bits per heavy atom. The zero-order valence-electron chi connectivity index (χ0n) is 9.64. The molecule has 0 N–H and O–H groups in total. The van der Waals surface area contributed by atoms with Gasteiger partial charge < -0.3 is 4.42 Å². The van der Waals surface area contributed by atoms with Crippen molar-refractivity contribution in [1.29, 1.82) is 0 Å². The fraction of sp³-hybridized carbons (Fsp3) is 0.0769. The van der Waals surface area contributed by atoms with E-state index in [9.17, 15) is 4.79 Å². The average Bonchev–Trinajstić information content (AvgIpc) is 2.71. The van der Waals surface area contributed by atoms with E-state index in [2.05, 4.69) is 4.98 Å². The monoisotopic (exact) mass is 294 g/mol. The summed E-state index contributed by atoms with van der Waals surface area (Å²) in [6.07, 6.45) is 1.61. The van der Waals surface area contributed by atoms with Gasteiger partial charge >= 0.3 is 5.76 Å². The normalized spacial score (nSPS) is 11.1. The smallest absolute Gasteiger partial charge is 0.406 e. The zero-order chi connectivity index (χ0) is 13.4. The van der Waals surface area contributed by atoms with E-state index in [4.69, 9.17) is 27.6 Å². The molecule has 0 atom stereocenters. The molecule has 0 unspecified atom stereocenters. The van der Waals surface area contributed by atoms with Crippen LogP contribution in [0.25, 0.3) is 11.2 Å². The van der Waals surface area contributed by atoms with Gasteiger partial charge in [0, 0.05) is 6.20 Å². The molecule has 19 heavy (non-hydrogen) atoms. The molecule has 0 aliphatic rings. The van der Waals surface area contributed by atoms with E-state index < -0.39 is 5.76 Å². The second-order valence-corrected chi connectivity index (χ2v) is 4.84. The summed E-state index contributed by atoms with van der Waals surface area (Å²) in [6.45, 7) is 0.333. The van der Waals surface area contributed by atoms with Gasteiger partial charge in [-0.2, -0.15) is 0 Å². The van der Waals surface area contributed by atoms with Gasteiger partial charge in [-0.05, 0) is 29.8 Å². The lowest BCUT2D eigenvalue weighted by molar-refractivity contribution is 0.517. The summed E-state index contributed by atoms with van der Waals surface area (Å²) < 4.78 is 6.56. The minimum Gasteiger partial charge on any atom is -0.406 e. The molecule has 2 heterocycles. The van der Waals surface area contributed by atoms with Crippen molar-refractivity contribution in [2.75, 3.05) is 0 Å². The molecule has 0 aliphatic carbocycles. The van der Waals surface area contributed by atoms with Crippen molar-refractivity contribution in [2.24, 2.45) is 0 Å². The highest BCUT2D eigenvalue weighted by Gasteiger charge is 2.10. The summed E-state index contributed by atoms with van der Waals surface area (Å²) >= 11 is 11.8. The van der Waals surface area contributed by atoms with Gasteiger partial charge in [0.15, 0.2) is 11.2 Å². The number of aromatic nitrogens is 2. The van der Waals surface area contributed by atoms with E-state index in [0.29, 0.717) is 27.8 Å². The highest BCUT2D eigenvalue weighted by atomic mass is 35.5. The van der Waals surface area contributed by atoms with Crippen LogP contribution in [-0.2, 0) is 6.54 Å². The van der Waals surface area contributed by atoms with Crippen LogP contribution in [0.3, 0.4) is 0 Å². The molecule has 0 spiro atoms. The molecule has 0 aliphatic heterocycles. The maximum Gasteiger partial charge on any atom is 0.421 e. The lowest BCUT2D eigenvalue weighted by atomic mass is 10.2. The Morgan fingerprint density at radius 3 is 2.84 bits per heavy atom. The highest BCUT2D eigenvalue weighted by Crippen LogP contribution is 2.23. The van der Waals surface area contributed by atoms with Crippen LogP contribution >= 0.6 is 23.2 Å². The molecule has 3 aromatic rings. The molecule has 96 valence electrons. The minimum atomic E-state index is -0.445. The van der Waals surface area contributed by atoms with Crippen LogP contribution < -0.4 is 5.76 Å². The number of nitrogens with zero attached hydrogens (tertiary/aromatic N) is 2. The van der Waals surface area contributed by atoms with Gasteiger partial charge in [-0.3, -0.25) is 4.57 Å². The number of rotatable bonds is 2. The fourth-order valence-electron chi connectivity index (χ4n) is 1.86. The number of hydrogen-bond donors (Lipinski definition) is 0. The first-order chi connectivity index (χ1) is 9.15. The number of benzene rings is 1. The number of hydrogen-bond acceptors (Lipinski definition) is 3. The Kier molecular flexibility index (Phi) is 3.05. The molecular weight excluding hydrogens is 287 g/mol. The van der Waals surface area contributed by atoms with Gasteiger partial charge in [-0.1, -0.05) is 29.3 Å². The molecule has 0 radical (unpaired) electrons. The average molecular weight is 295 g/mol. The van der Waals surface area contributed by atoms with Crippen LogP contribution in [0.2, 0.25) is 10.0 Å². The lowest BCUT2D eigenvalue weighted by Gasteiger charge is -2.03. The third-order valence-corrected chi connectivity index (χ3v) is 3.49. The largest absolute Gasteiger partial charge is 0.421 e. The topological polar surface area (TPSA) is 48.0 Å². The first-order valence-electron chi connectivity index (χ1n) is 5.53. The fourth-order valence-corrected chi connectivity index (χ4v) is 2.18. The molecule has 1 aromatic carbocycles. The molecule has 0 saturated heterocycles. The van der Waals surface area contributed by atoms with Crippen molar-refractivity contribution >= 4 is 34.4 Å². The molecule has 4 nitrogen and oxygen atoms in total. The molecule has 2 aromatic heterocycles. The second kappa shape index (κ2) is 4.72. The predicted octanol–water partition coefficient (Wildman–Crippen LogP) is 3.34. The Balaban J connectivity index is 2.08. The quantitative estimate of drug-likeness (QED) is 0.728. The van der Waals surface area contributed by atoms with Crippen LogP contribution in [0.1, 0.15) is 5.56 Å². The summed E-state index contributed by atoms with van der Waals surface area (Å²) in [5.74, 6) is -0.445. The van der Waals surface area contributed by atoms with E-state index in [1.807, 2.05) is 6.07 Å². The van der Waals surface area contributed by atoms with Crippen molar-refractivity contribution in [2.45, 2.75) is 6.54 Å². The molecule has 0 amide bonds. The Hall–Kier alpha value is -1.78. The minimum absolute atomic E-state index is 0.333. The summed E-state index contributed by atoms with van der Waals surface area (Å²) in [5, 5.41) is 0.931. The first kappa shape index (κ1) is 12.3. The van der Waals surface area contributed by atoms with Crippen LogP contribution in [0, 0.1) is 0 Å². The lowest BCUT2D eigenvalue weighted by Crippen LogP contribution is -2.15. The zero-order valence-corrected chi connectivity index (χ0v) is 11.1. The maximum absolute atomic E-state index is 11.8. The van der Waals surface area contributed by atoms with E-state index >= 15 is 0 Å². The van der Waals surface area contributed by atoms with Gasteiger partial charge in [0.1, 0.15) is 0 Å². The molecule has 0 fully saturated rings. The van der Waals surface area contributed by atoms with Gasteiger partial charge in [-0.15, -0.1) is 0 Å². The Morgan fingerprint density at radius 1 is 1.21 bits per heavy atom.